The topological polar surface area (TPSA) is 29.1 Å². The van der Waals surface area contributed by atoms with Gasteiger partial charge < -0.3 is 5.32 Å². The lowest BCUT2D eigenvalue weighted by Gasteiger charge is -2.13. The zero-order valence-corrected chi connectivity index (χ0v) is 7.06. The number of carbonyl (C=O) groups excluding carboxylic acids is 1. The van der Waals surface area contributed by atoms with Crippen LogP contribution >= 0.6 is 0 Å². The third-order valence-corrected chi connectivity index (χ3v) is 0.957. The van der Waals surface area contributed by atoms with Crippen LogP contribution < -0.4 is 5.32 Å². The van der Waals surface area contributed by atoms with Gasteiger partial charge in [-0.3, -0.25) is 4.79 Å². The number of hydrogen-bond donors (Lipinski definition) is 1. The summed E-state index contributed by atoms with van der Waals surface area (Å²) in [7, 11) is 0. The van der Waals surface area contributed by atoms with Gasteiger partial charge in [0.2, 0.25) is 5.91 Å². The molecular formula is C8H17NO. The van der Waals surface area contributed by atoms with Gasteiger partial charge >= 0.3 is 0 Å². The summed E-state index contributed by atoms with van der Waals surface area (Å²) in [5.74, 6) is -0.190. The van der Waals surface area contributed by atoms with Crippen molar-refractivity contribution in [1.29, 1.82) is 0 Å². The second-order valence-electron chi connectivity index (χ2n) is 2.77. The second-order valence-corrected chi connectivity index (χ2v) is 2.77. The van der Waals surface area contributed by atoms with Crippen LogP contribution in [0.2, 0.25) is 0 Å². The van der Waals surface area contributed by atoms with Crippen LogP contribution in [-0.2, 0) is 4.79 Å². The van der Waals surface area contributed by atoms with Crippen molar-refractivity contribution >= 4 is 5.91 Å². The van der Waals surface area contributed by atoms with Crippen LogP contribution in [0, 0.1) is 5.92 Å². The monoisotopic (exact) mass is 145 g/mol. The van der Waals surface area contributed by atoms with Crippen LogP contribution in [-0.4, -0.2) is 11.9 Å². The molecule has 60 valence electrons. The molecule has 2 heteroatoms. The fourth-order valence-corrected chi connectivity index (χ4v) is 0.819. The highest BCUT2D eigenvalue weighted by Gasteiger charge is 2.04. The molecule has 0 aromatic rings. The van der Waals surface area contributed by atoms with E-state index in [4.69, 9.17) is 2.74 Å². The maximum Gasteiger partial charge on any atom is 0.217 e. The second kappa shape index (κ2) is 4.31. The van der Waals surface area contributed by atoms with E-state index in [0.717, 1.165) is 0 Å². The minimum absolute atomic E-state index is 0.0688. The summed E-state index contributed by atoms with van der Waals surface area (Å²) in [5, 5.41) is 2.44. The van der Waals surface area contributed by atoms with E-state index in [-0.39, 0.29) is 11.8 Å². The van der Waals surface area contributed by atoms with Gasteiger partial charge in [-0.05, 0) is 19.2 Å². The summed E-state index contributed by atoms with van der Waals surface area (Å²) >= 11 is 0. The summed E-state index contributed by atoms with van der Waals surface area (Å²) in [6.07, 6.45) is -0.596. The molecule has 0 aromatic heterocycles. The number of nitrogens with one attached hydrogen (secondary N) is 1. The first-order chi connectivity index (χ1) is 5.27. The molecule has 2 nitrogen and oxygen atoms in total. The first-order valence-electron chi connectivity index (χ1n) is 4.56. The predicted octanol–water partition coefficient (Wildman–Crippen LogP) is 1.56. The van der Waals surface area contributed by atoms with Gasteiger partial charge in [-0.15, -0.1) is 0 Å². The van der Waals surface area contributed by atoms with Gasteiger partial charge in [-0.2, -0.15) is 0 Å². The zero-order chi connectivity index (χ0) is 9.94. The fraction of sp³-hybridized carbons (Fsp3) is 0.875. The van der Waals surface area contributed by atoms with Gasteiger partial charge in [-0.25, -0.2) is 0 Å². The van der Waals surface area contributed by atoms with Gasteiger partial charge in [0.1, 0.15) is 0 Å². The Morgan fingerprint density at radius 3 is 2.50 bits per heavy atom. The highest BCUT2D eigenvalue weighted by Crippen LogP contribution is 2.02. The Kier molecular flexibility index (Phi) is 2.67. The lowest BCUT2D eigenvalue weighted by atomic mass is 10.1. The molecule has 0 unspecified atom stereocenters. The number of amides is 1. The van der Waals surface area contributed by atoms with Gasteiger partial charge in [0.05, 0.1) is 1.37 Å². The van der Waals surface area contributed by atoms with Crippen molar-refractivity contribution in [3.05, 3.63) is 0 Å². The minimum Gasteiger partial charge on any atom is -0.354 e. The third-order valence-electron chi connectivity index (χ3n) is 0.957. The molecule has 0 aromatic carbocycles. The molecule has 10 heavy (non-hydrogen) atoms. The fourth-order valence-electron chi connectivity index (χ4n) is 0.819. The van der Waals surface area contributed by atoms with E-state index in [1.165, 1.54) is 6.92 Å². The molecule has 0 aliphatic rings. The molecule has 2 atom stereocenters. The van der Waals surface area contributed by atoms with E-state index >= 15 is 0 Å². The van der Waals surface area contributed by atoms with Gasteiger partial charge in [0.15, 0.2) is 0 Å². The van der Waals surface area contributed by atoms with E-state index in [1.54, 1.807) is 6.92 Å². The summed E-state index contributed by atoms with van der Waals surface area (Å²) < 4.78 is 15.3. The molecule has 0 spiro atoms. The molecule has 0 saturated heterocycles. The Bertz CT molecular complexity index is 168. The van der Waals surface area contributed by atoms with Crippen LogP contribution in [0.1, 0.15) is 36.8 Å². The molecule has 0 radical (unpaired) electrons. The molecule has 0 saturated carbocycles. The third kappa shape index (κ3) is 5.60. The Labute approximate surface area is 65.8 Å². The van der Waals surface area contributed by atoms with Crippen molar-refractivity contribution in [1.82, 2.24) is 5.32 Å². The van der Waals surface area contributed by atoms with Crippen LogP contribution in [0.25, 0.3) is 0 Å². The highest BCUT2D eigenvalue weighted by atomic mass is 16.1. The molecular weight excluding hydrogens is 126 g/mol. The molecule has 0 bridgehead atoms. The lowest BCUT2D eigenvalue weighted by Crippen LogP contribution is -2.31. The smallest absolute Gasteiger partial charge is 0.217 e. The van der Waals surface area contributed by atoms with Gasteiger partial charge in [-0.1, -0.05) is 13.8 Å². The normalized spacial score (nSPS) is 22.5. The Morgan fingerprint density at radius 2 is 2.20 bits per heavy atom. The van der Waals surface area contributed by atoms with Crippen LogP contribution in [0.5, 0.6) is 0 Å². The Balaban J connectivity index is 4.28. The SMILES string of the molecule is [2H][C@H](C(C)C)[C@@]([2H])(C)NC(C)=O. The van der Waals surface area contributed by atoms with Crippen molar-refractivity contribution in [2.24, 2.45) is 5.92 Å². The molecule has 1 amide bonds. The summed E-state index contributed by atoms with van der Waals surface area (Å²) in [6, 6.07) is -1.18. The van der Waals surface area contributed by atoms with Gasteiger partial charge in [0, 0.05) is 14.3 Å². The van der Waals surface area contributed by atoms with E-state index in [1.807, 2.05) is 13.8 Å². The van der Waals surface area contributed by atoms with Crippen molar-refractivity contribution < 1.29 is 7.54 Å². The average Bonchev–Trinajstić information content (AvgIpc) is 1.82. The number of carbonyl (C=O) groups is 1. The first kappa shape index (κ1) is 6.20. The van der Waals surface area contributed by atoms with Crippen LogP contribution in [0.3, 0.4) is 0 Å². The van der Waals surface area contributed by atoms with Crippen LogP contribution in [0.15, 0.2) is 0 Å². The van der Waals surface area contributed by atoms with Crippen molar-refractivity contribution in [2.45, 2.75) is 40.1 Å². The summed E-state index contributed by atoms with van der Waals surface area (Å²) in [5.41, 5.74) is 0. The molecule has 1 N–H and O–H groups in total. The average molecular weight is 145 g/mol. The largest absolute Gasteiger partial charge is 0.354 e. The first-order valence-corrected chi connectivity index (χ1v) is 3.48. The van der Waals surface area contributed by atoms with Crippen LogP contribution in [0.4, 0.5) is 0 Å². The van der Waals surface area contributed by atoms with E-state index in [9.17, 15) is 4.79 Å². The maximum absolute atomic E-state index is 10.7. The molecule has 0 aliphatic carbocycles. The quantitative estimate of drug-likeness (QED) is 0.641. The minimum atomic E-state index is -1.18. The predicted molar refractivity (Wildman–Crippen MR) is 42.7 cm³/mol. The van der Waals surface area contributed by atoms with E-state index in [0.29, 0.717) is 0 Å². The number of rotatable bonds is 3. The Hall–Kier alpha value is -0.530. The molecule has 0 heterocycles. The van der Waals surface area contributed by atoms with Crippen molar-refractivity contribution in [3.63, 3.8) is 0 Å². The van der Waals surface area contributed by atoms with Crippen molar-refractivity contribution in [3.8, 4) is 0 Å². The van der Waals surface area contributed by atoms with E-state index < -0.39 is 12.4 Å². The Morgan fingerprint density at radius 1 is 1.70 bits per heavy atom. The van der Waals surface area contributed by atoms with E-state index in [2.05, 4.69) is 5.32 Å². The summed E-state index contributed by atoms with van der Waals surface area (Å²) in [6.45, 7) is 6.64. The maximum atomic E-state index is 10.7. The standard InChI is InChI=1S/C8H17NO/c1-6(2)5-7(3)9-8(4)10/h6-7H,5H2,1-4H3,(H,9,10)/t7-/m1/s1/i5D,7D/t5-,7-. The molecule has 0 aliphatic heterocycles. The highest BCUT2D eigenvalue weighted by molar-refractivity contribution is 5.73. The zero-order valence-electron chi connectivity index (χ0n) is 9.06. The van der Waals surface area contributed by atoms with Gasteiger partial charge in [0.25, 0.3) is 0 Å². The molecule has 0 fully saturated rings. The number of hydrogen-bond acceptors (Lipinski definition) is 1. The summed E-state index contributed by atoms with van der Waals surface area (Å²) in [4.78, 5) is 10.7. The van der Waals surface area contributed by atoms with Crippen molar-refractivity contribution in [2.75, 3.05) is 0 Å². The molecule has 0 rings (SSSR count). The lowest BCUT2D eigenvalue weighted by molar-refractivity contribution is -0.119.